The molecule has 1 N–H and O–H groups in total. The zero-order valence-corrected chi connectivity index (χ0v) is 9.43. The number of halogens is 4. The van der Waals surface area contributed by atoms with E-state index >= 15 is 0 Å². The van der Waals surface area contributed by atoms with E-state index in [1.54, 1.807) is 0 Å². The van der Waals surface area contributed by atoms with Crippen LogP contribution in [0, 0.1) is 0 Å². The molecule has 0 unspecified atom stereocenters. The van der Waals surface area contributed by atoms with Crippen LogP contribution in [-0.2, 0) is 11.0 Å². The lowest BCUT2D eigenvalue weighted by Gasteiger charge is -2.07. The summed E-state index contributed by atoms with van der Waals surface area (Å²) in [4.78, 5) is 14.4. The van der Waals surface area contributed by atoms with E-state index in [4.69, 9.17) is 11.6 Å². The fraction of sp³-hybridized carbons (Fsp3) is 0.200. The maximum absolute atomic E-state index is 12.3. The van der Waals surface area contributed by atoms with Gasteiger partial charge in [-0.1, -0.05) is 11.6 Å². The fourth-order valence-electron chi connectivity index (χ4n) is 0.964. The smallest absolute Gasteiger partial charge is 0.356 e. The van der Waals surface area contributed by atoms with Gasteiger partial charge in [-0.05, 0) is 12.1 Å². The van der Waals surface area contributed by atoms with E-state index in [-0.39, 0.29) is 10.7 Å². The molecule has 3 nitrogen and oxygen atoms in total. The van der Waals surface area contributed by atoms with Crippen LogP contribution in [0.25, 0.3) is 6.08 Å². The van der Waals surface area contributed by atoms with E-state index in [1.165, 1.54) is 13.1 Å². The molecule has 0 saturated heterocycles. The number of amides is 1. The predicted molar refractivity (Wildman–Crippen MR) is 57.3 cm³/mol. The van der Waals surface area contributed by atoms with E-state index in [0.717, 1.165) is 12.1 Å². The lowest BCUT2D eigenvalue weighted by molar-refractivity contribution is -0.137. The molecule has 1 rings (SSSR count). The van der Waals surface area contributed by atoms with Crippen molar-refractivity contribution in [2.75, 3.05) is 7.05 Å². The molecule has 92 valence electrons. The summed E-state index contributed by atoms with van der Waals surface area (Å²) in [6.45, 7) is 0. The highest BCUT2D eigenvalue weighted by atomic mass is 35.5. The number of rotatable bonds is 2. The van der Waals surface area contributed by atoms with Gasteiger partial charge in [0.25, 0.3) is 0 Å². The Labute approximate surface area is 100 Å². The van der Waals surface area contributed by atoms with Crippen LogP contribution in [0.15, 0.2) is 18.3 Å². The Morgan fingerprint density at radius 2 is 2.18 bits per heavy atom. The summed E-state index contributed by atoms with van der Waals surface area (Å²) in [5.74, 6) is -0.400. The molecular formula is C10H8ClF3N2O. The fourth-order valence-corrected chi connectivity index (χ4v) is 1.19. The zero-order valence-electron chi connectivity index (χ0n) is 8.68. The van der Waals surface area contributed by atoms with Crippen molar-refractivity contribution in [1.29, 1.82) is 0 Å². The average Bonchev–Trinajstić information content (AvgIpc) is 2.25. The number of carbonyl (C=O) groups excluding carboxylic acids is 1. The maximum Gasteiger partial charge on any atom is 0.417 e. The van der Waals surface area contributed by atoms with Crippen molar-refractivity contribution in [3.05, 3.63) is 34.6 Å². The van der Waals surface area contributed by atoms with Gasteiger partial charge >= 0.3 is 6.18 Å². The Bertz CT molecular complexity index is 457. The van der Waals surface area contributed by atoms with Crippen molar-refractivity contribution in [2.24, 2.45) is 0 Å². The molecule has 1 aromatic heterocycles. The van der Waals surface area contributed by atoms with Crippen molar-refractivity contribution < 1.29 is 18.0 Å². The molecule has 0 radical (unpaired) electrons. The van der Waals surface area contributed by atoms with Crippen LogP contribution in [0.4, 0.5) is 13.2 Å². The number of alkyl halides is 3. The van der Waals surface area contributed by atoms with Crippen LogP contribution < -0.4 is 5.32 Å². The Morgan fingerprint density at radius 3 is 2.65 bits per heavy atom. The van der Waals surface area contributed by atoms with Gasteiger partial charge in [0.05, 0.1) is 16.3 Å². The summed E-state index contributed by atoms with van der Waals surface area (Å²) >= 11 is 5.62. The number of pyridine rings is 1. The second-order valence-corrected chi connectivity index (χ2v) is 3.44. The molecule has 0 aliphatic rings. The molecule has 0 atom stereocenters. The first-order valence-electron chi connectivity index (χ1n) is 4.47. The van der Waals surface area contributed by atoms with Crippen molar-refractivity contribution in [2.45, 2.75) is 6.18 Å². The summed E-state index contributed by atoms with van der Waals surface area (Å²) < 4.78 is 36.9. The van der Waals surface area contributed by atoms with E-state index in [2.05, 4.69) is 10.3 Å². The first-order chi connectivity index (χ1) is 7.84. The van der Waals surface area contributed by atoms with E-state index in [9.17, 15) is 18.0 Å². The summed E-state index contributed by atoms with van der Waals surface area (Å²) in [7, 11) is 1.43. The number of aromatic nitrogens is 1. The minimum absolute atomic E-state index is 0.100. The van der Waals surface area contributed by atoms with Gasteiger partial charge < -0.3 is 5.32 Å². The van der Waals surface area contributed by atoms with Gasteiger partial charge in [0.2, 0.25) is 5.91 Å². The molecule has 0 aromatic carbocycles. The molecule has 0 aliphatic heterocycles. The van der Waals surface area contributed by atoms with Crippen LogP contribution in [0.3, 0.4) is 0 Å². The van der Waals surface area contributed by atoms with E-state index < -0.39 is 17.6 Å². The third-order valence-corrected chi connectivity index (χ3v) is 2.14. The molecular weight excluding hydrogens is 257 g/mol. The largest absolute Gasteiger partial charge is 0.417 e. The van der Waals surface area contributed by atoms with Gasteiger partial charge in [0, 0.05) is 19.3 Å². The Hall–Kier alpha value is -1.56. The summed E-state index contributed by atoms with van der Waals surface area (Å²) in [5.41, 5.74) is -0.831. The molecule has 1 amide bonds. The van der Waals surface area contributed by atoms with Gasteiger partial charge in [0.1, 0.15) is 0 Å². The number of nitrogens with one attached hydrogen (secondary N) is 1. The van der Waals surface area contributed by atoms with Crippen LogP contribution in [-0.4, -0.2) is 17.9 Å². The number of carbonyl (C=O) groups is 1. The highest BCUT2D eigenvalue weighted by molar-refractivity contribution is 6.32. The molecule has 0 saturated carbocycles. The van der Waals surface area contributed by atoms with E-state index in [1.807, 2.05) is 0 Å². The van der Waals surface area contributed by atoms with Crippen molar-refractivity contribution in [1.82, 2.24) is 10.3 Å². The third kappa shape index (κ3) is 3.74. The number of hydrogen-bond acceptors (Lipinski definition) is 2. The van der Waals surface area contributed by atoms with Gasteiger partial charge in [-0.3, -0.25) is 9.78 Å². The zero-order chi connectivity index (χ0) is 13.1. The topological polar surface area (TPSA) is 42.0 Å². The van der Waals surface area contributed by atoms with E-state index in [0.29, 0.717) is 6.20 Å². The maximum atomic E-state index is 12.3. The Balaban J connectivity index is 2.99. The Kier molecular flexibility index (Phi) is 4.11. The monoisotopic (exact) mass is 264 g/mol. The van der Waals surface area contributed by atoms with Gasteiger partial charge in [0.15, 0.2) is 0 Å². The molecule has 17 heavy (non-hydrogen) atoms. The molecule has 1 heterocycles. The second kappa shape index (κ2) is 5.18. The minimum atomic E-state index is -4.49. The number of nitrogens with zero attached hydrogens (tertiary/aromatic N) is 1. The first-order valence-corrected chi connectivity index (χ1v) is 4.85. The van der Waals surface area contributed by atoms with Gasteiger partial charge in [-0.25, -0.2) is 0 Å². The normalized spacial score (nSPS) is 11.8. The quantitative estimate of drug-likeness (QED) is 0.834. The van der Waals surface area contributed by atoms with Crippen molar-refractivity contribution >= 4 is 23.6 Å². The second-order valence-electron chi connectivity index (χ2n) is 3.04. The summed E-state index contributed by atoms with van der Waals surface area (Å²) in [5, 5.41) is 2.15. The van der Waals surface area contributed by atoms with Crippen LogP contribution >= 0.6 is 11.6 Å². The van der Waals surface area contributed by atoms with Gasteiger partial charge in [-0.2, -0.15) is 13.2 Å². The number of hydrogen-bond donors (Lipinski definition) is 1. The summed E-state index contributed by atoms with van der Waals surface area (Å²) in [6.07, 6.45) is -1.46. The molecule has 0 fully saturated rings. The highest BCUT2D eigenvalue weighted by Crippen LogP contribution is 2.31. The molecule has 0 bridgehead atoms. The predicted octanol–water partition coefficient (Wildman–Crippen LogP) is 2.51. The first kappa shape index (κ1) is 13.5. The number of likely N-dealkylation sites (N-methyl/N-ethyl adjacent to an activating group) is 1. The lowest BCUT2D eigenvalue weighted by Crippen LogP contribution is -2.14. The lowest BCUT2D eigenvalue weighted by atomic mass is 10.2. The van der Waals surface area contributed by atoms with Crippen molar-refractivity contribution in [3.8, 4) is 0 Å². The van der Waals surface area contributed by atoms with Crippen LogP contribution in [0.5, 0.6) is 0 Å². The summed E-state index contributed by atoms with van der Waals surface area (Å²) in [6, 6.07) is 0.762. The van der Waals surface area contributed by atoms with Gasteiger partial charge in [-0.15, -0.1) is 0 Å². The van der Waals surface area contributed by atoms with Crippen molar-refractivity contribution in [3.63, 3.8) is 0 Å². The third-order valence-electron chi connectivity index (χ3n) is 1.84. The molecule has 0 aliphatic carbocycles. The molecule has 0 spiro atoms. The minimum Gasteiger partial charge on any atom is -0.356 e. The SMILES string of the molecule is CNC(=O)C=Cc1ncc(C(F)(F)F)cc1Cl. The molecule has 1 aromatic rings. The van der Waals surface area contributed by atoms with Crippen LogP contribution in [0.2, 0.25) is 5.02 Å². The standard InChI is InChI=1S/C10H8ClF3N2O/c1-15-9(17)3-2-8-7(11)4-6(5-16-8)10(12,13)14/h2-5H,1H3,(H,15,17). The Morgan fingerprint density at radius 1 is 1.53 bits per heavy atom. The average molecular weight is 265 g/mol. The highest BCUT2D eigenvalue weighted by Gasteiger charge is 2.31. The molecule has 7 heteroatoms. The van der Waals surface area contributed by atoms with Crippen LogP contribution in [0.1, 0.15) is 11.3 Å².